The van der Waals surface area contributed by atoms with Gasteiger partial charge in [-0.3, -0.25) is 4.79 Å². The van der Waals surface area contributed by atoms with Crippen LogP contribution >= 0.6 is 12.4 Å². The van der Waals surface area contributed by atoms with Crippen molar-refractivity contribution >= 4 is 18.3 Å². The molecule has 0 aliphatic carbocycles. The summed E-state index contributed by atoms with van der Waals surface area (Å²) >= 11 is 0. The van der Waals surface area contributed by atoms with Crippen molar-refractivity contribution < 1.29 is 4.79 Å². The molecule has 3 unspecified atom stereocenters. The molecule has 4 heteroatoms. The van der Waals surface area contributed by atoms with Gasteiger partial charge in [0.05, 0.1) is 0 Å². The number of piperidine rings is 1. The smallest absolute Gasteiger partial charge is 0.220 e. The number of carbonyl (C=O) groups excluding carboxylic acids is 1. The SMILES string of the molecule is CCCC(Cc1ccccc1)NC(=O)CC(C)C1CCCNC1.Cl. The molecule has 1 saturated heterocycles. The van der Waals surface area contributed by atoms with Gasteiger partial charge in [0.1, 0.15) is 0 Å². The molecule has 1 amide bonds. The van der Waals surface area contributed by atoms with E-state index in [0.717, 1.165) is 32.4 Å². The Morgan fingerprint density at radius 3 is 2.71 bits per heavy atom. The van der Waals surface area contributed by atoms with Crippen LogP contribution in [-0.4, -0.2) is 25.0 Å². The van der Waals surface area contributed by atoms with Gasteiger partial charge < -0.3 is 10.6 Å². The Balaban J connectivity index is 0.00000288. The highest BCUT2D eigenvalue weighted by molar-refractivity contribution is 5.85. The highest BCUT2D eigenvalue weighted by atomic mass is 35.5. The van der Waals surface area contributed by atoms with Crippen LogP contribution in [-0.2, 0) is 11.2 Å². The molecule has 0 aromatic heterocycles. The third kappa shape index (κ3) is 7.23. The molecule has 0 bridgehead atoms. The molecule has 0 radical (unpaired) electrons. The summed E-state index contributed by atoms with van der Waals surface area (Å²) in [4.78, 5) is 12.4. The quantitative estimate of drug-likeness (QED) is 0.743. The van der Waals surface area contributed by atoms with Crippen LogP contribution in [0.2, 0.25) is 0 Å². The zero-order chi connectivity index (χ0) is 16.5. The van der Waals surface area contributed by atoms with Crippen molar-refractivity contribution in [3.63, 3.8) is 0 Å². The zero-order valence-corrected chi connectivity index (χ0v) is 15.9. The summed E-state index contributed by atoms with van der Waals surface area (Å²) < 4.78 is 0. The van der Waals surface area contributed by atoms with E-state index in [1.807, 2.05) is 6.07 Å². The number of rotatable bonds is 8. The first-order chi connectivity index (χ1) is 11.2. The number of hydrogen-bond donors (Lipinski definition) is 2. The lowest BCUT2D eigenvalue weighted by atomic mass is 9.85. The van der Waals surface area contributed by atoms with Gasteiger partial charge in [-0.15, -0.1) is 12.4 Å². The van der Waals surface area contributed by atoms with Crippen LogP contribution < -0.4 is 10.6 Å². The van der Waals surface area contributed by atoms with E-state index in [0.29, 0.717) is 18.3 Å². The molecule has 1 heterocycles. The van der Waals surface area contributed by atoms with E-state index >= 15 is 0 Å². The van der Waals surface area contributed by atoms with Gasteiger partial charge >= 0.3 is 0 Å². The first-order valence-corrected chi connectivity index (χ1v) is 9.23. The summed E-state index contributed by atoms with van der Waals surface area (Å²) in [6, 6.07) is 10.7. The molecule has 136 valence electrons. The van der Waals surface area contributed by atoms with Crippen LogP contribution in [0.1, 0.15) is 51.5 Å². The topological polar surface area (TPSA) is 41.1 Å². The zero-order valence-electron chi connectivity index (χ0n) is 15.1. The molecule has 3 atom stereocenters. The average molecular weight is 353 g/mol. The van der Waals surface area contributed by atoms with E-state index in [1.165, 1.54) is 18.4 Å². The van der Waals surface area contributed by atoms with E-state index in [2.05, 4.69) is 48.7 Å². The van der Waals surface area contributed by atoms with Gasteiger partial charge in [0.25, 0.3) is 0 Å². The predicted molar refractivity (Wildman–Crippen MR) is 104 cm³/mol. The van der Waals surface area contributed by atoms with Gasteiger partial charge in [0.15, 0.2) is 0 Å². The van der Waals surface area contributed by atoms with Crippen molar-refractivity contribution in [3.05, 3.63) is 35.9 Å². The lowest BCUT2D eigenvalue weighted by Crippen LogP contribution is -2.39. The molecule has 2 rings (SSSR count). The third-order valence-electron chi connectivity index (χ3n) is 4.97. The Morgan fingerprint density at radius 1 is 1.33 bits per heavy atom. The normalized spacial score (nSPS) is 19.8. The van der Waals surface area contributed by atoms with Gasteiger partial charge in [-0.2, -0.15) is 0 Å². The highest BCUT2D eigenvalue weighted by Crippen LogP contribution is 2.22. The van der Waals surface area contributed by atoms with Crippen molar-refractivity contribution in [3.8, 4) is 0 Å². The van der Waals surface area contributed by atoms with E-state index in [9.17, 15) is 4.79 Å². The highest BCUT2D eigenvalue weighted by Gasteiger charge is 2.23. The Hall–Kier alpha value is -1.06. The Morgan fingerprint density at radius 2 is 2.08 bits per heavy atom. The largest absolute Gasteiger partial charge is 0.353 e. The summed E-state index contributed by atoms with van der Waals surface area (Å²) in [5, 5.41) is 6.73. The van der Waals surface area contributed by atoms with Crippen molar-refractivity contribution in [2.75, 3.05) is 13.1 Å². The van der Waals surface area contributed by atoms with Crippen LogP contribution in [0.25, 0.3) is 0 Å². The molecule has 1 aliphatic heterocycles. The predicted octanol–water partition coefficient (Wildman–Crippen LogP) is 3.96. The fraction of sp³-hybridized carbons (Fsp3) is 0.650. The van der Waals surface area contributed by atoms with Crippen molar-refractivity contribution in [1.82, 2.24) is 10.6 Å². The Kier molecular flexibility index (Phi) is 10.0. The van der Waals surface area contributed by atoms with Gasteiger partial charge in [-0.1, -0.05) is 50.6 Å². The molecule has 1 aliphatic rings. The van der Waals surface area contributed by atoms with Gasteiger partial charge in [0, 0.05) is 12.5 Å². The molecular formula is C20H33ClN2O. The van der Waals surface area contributed by atoms with E-state index in [-0.39, 0.29) is 24.4 Å². The molecule has 2 N–H and O–H groups in total. The molecule has 1 fully saturated rings. The lowest BCUT2D eigenvalue weighted by molar-refractivity contribution is -0.123. The molecule has 1 aromatic carbocycles. The van der Waals surface area contributed by atoms with E-state index in [4.69, 9.17) is 0 Å². The maximum atomic E-state index is 12.4. The number of benzene rings is 1. The fourth-order valence-corrected chi connectivity index (χ4v) is 3.58. The van der Waals surface area contributed by atoms with Crippen molar-refractivity contribution in [1.29, 1.82) is 0 Å². The van der Waals surface area contributed by atoms with Crippen LogP contribution in [0.3, 0.4) is 0 Å². The fourth-order valence-electron chi connectivity index (χ4n) is 3.58. The number of amides is 1. The van der Waals surface area contributed by atoms with Crippen molar-refractivity contribution in [2.24, 2.45) is 11.8 Å². The van der Waals surface area contributed by atoms with Crippen LogP contribution in [0, 0.1) is 11.8 Å². The molecule has 0 saturated carbocycles. The molecule has 3 nitrogen and oxygen atoms in total. The monoisotopic (exact) mass is 352 g/mol. The van der Waals surface area contributed by atoms with Crippen LogP contribution in [0.4, 0.5) is 0 Å². The van der Waals surface area contributed by atoms with E-state index in [1.54, 1.807) is 0 Å². The summed E-state index contributed by atoms with van der Waals surface area (Å²) in [7, 11) is 0. The number of hydrogen-bond acceptors (Lipinski definition) is 2. The maximum Gasteiger partial charge on any atom is 0.220 e. The summed E-state index contributed by atoms with van der Waals surface area (Å²) in [5.74, 6) is 1.33. The van der Waals surface area contributed by atoms with Crippen molar-refractivity contribution in [2.45, 2.75) is 58.4 Å². The second-order valence-electron chi connectivity index (χ2n) is 7.03. The second-order valence-corrected chi connectivity index (χ2v) is 7.03. The van der Waals surface area contributed by atoms with Gasteiger partial charge in [-0.05, 0) is 56.2 Å². The number of halogens is 1. The molecule has 1 aromatic rings. The van der Waals surface area contributed by atoms with Crippen LogP contribution in [0.15, 0.2) is 30.3 Å². The summed E-state index contributed by atoms with van der Waals surface area (Å²) in [6.45, 7) is 6.60. The third-order valence-corrected chi connectivity index (χ3v) is 4.97. The summed E-state index contributed by atoms with van der Waals surface area (Å²) in [5.41, 5.74) is 1.30. The minimum Gasteiger partial charge on any atom is -0.353 e. The first kappa shape index (κ1) is 21.0. The average Bonchev–Trinajstić information content (AvgIpc) is 2.56. The maximum absolute atomic E-state index is 12.4. The second kappa shape index (κ2) is 11.5. The number of carbonyl (C=O) groups is 1. The van der Waals surface area contributed by atoms with Crippen LogP contribution in [0.5, 0.6) is 0 Å². The molecular weight excluding hydrogens is 320 g/mol. The Bertz CT molecular complexity index is 460. The lowest BCUT2D eigenvalue weighted by Gasteiger charge is -2.28. The van der Waals surface area contributed by atoms with Gasteiger partial charge in [0.2, 0.25) is 5.91 Å². The molecule has 0 spiro atoms. The first-order valence-electron chi connectivity index (χ1n) is 9.23. The Labute approximate surface area is 153 Å². The summed E-state index contributed by atoms with van der Waals surface area (Å²) in [6.07, 6.45) is 6.22. The molecule has 24 heavy (non-hydrogen) atoms. The standard InChI is InChI=1S/C20H32N2O.ClH/c1-3-8-19(14-17-9-5-4-6-10-17)22-20(23)13-16(2)18-11-7-12-21-15-18;/h4-6,9-10,16,18-19,21H,3,7-8,11-15H2,1-2H3,(H,22,23);1H. The van der Waals surface area contributed by atoms with Gasteiger partial charge in [-0.25, -0.2) is 0 Å². The van der Waals surface area contributed by atoms with E-state index < -0.39 is 0 Å². The minimum atomic E-state index is 0. The number of nitrogens with one attached hydrogen (secondary N) is 2. The minimum absolute atomic E-state index is 0.